The summed E-state index contributed by atoms with van der Waals surface area (Å²) < 4.78 is 102. The minimum Gasteiger partial charge on any atom is -0.486 e. The van der Waals surface area contributed by atoms with Crippen molar-refractivity contribution in [1.29, 1.82) is 0 Å². The van der Waals surface area contributed by atoms with Crippen LogP contribution in [0.15, 0.2) is 65.6 Å². The lowest BCUT2D eigenvalue weighted by Crippen LogP contribution is -2.43. The summed E-state index contributed by atoms with van der Waals surface area (Å²) >= 11 is 6.17. The Hall–Kier alpha value is -3.64. The van der Waals surface area contributed by atoms with Crippen LogP contribution in [0, 0.1) is 0 Å². The molecule has 0 amide bonds. The van der Waals surface area contributed by atoms with Crippen LogP contribution in [0.25, 0.3) is 12.2 Å². The fourth-order valence-corrected chi connectivity index (χ4v) is 6.11. The van der Waals surface area contributed by atoms with Gasteiger partial charge in [-0.3, -0.25) is 9.10 Å². The molecule has 0 spiro atoms. The van der Waals surface area contributed by atoms with Crippen LogP contribution in [0.2, 0.25) is 5.02 Å². The average Bonchev–Trinajstić information content (AvgIpc) is 2.89. The smallest absolute Gasteiger partial charge is 0.416 e. The lowest BCUT2D eigenvalue weighted by molar-refractivity contribution is -0.138. The van der Waals surface area contributed by atoms with E-state index < -0.39 is 44.7 Å². The SMILES string of the molecule is CC(F)(F)c1cccc(Cl)c1/C=C/c1ccc2c(c1)N(S(=O)(=O)c1cccc(C(F)(F)F)c1)C[C@H](CCC(=O)O)O2. The van der Waals surface area contributed by atoms with Gasteiger partial charge in [-0.1, -0.05) is 48.0 Å². The molecule has 1 aliphatic rings. The molecule has 13 heteroatoms. The number of aliphatic carboxylic acids is 1. The van der Waals surface area contributed by atoms with E-state index in [0.717, 1.165) is 29.4 Å². The molecule has 0 bridgehead atoms. The molecule has 218 valence electrons. The van der Waals surface area contributed by atoms with Crippen LogP contribution in [-0.2, 0) is 26.9 Å². The van der Waals surface area contributed by atoms with Crippen LogP contribution in [-0.4, -0.2) is 32.1 Å². The summed E-state index contributed by atoms with van der Waals surface area (Å²) in [5.41, 5.74) is -1.09. The lowest BCUT2D eigenvalue weighted by atomic mass is 10.0. The number of nitrogens with zero attached hydrogens (tertiary/aromatic N) is 1. The quantitative estimate of drug-likeness (QED) is 0.210. The monoisotopic (exact) mass is 615 g/mol. The number of rotatable bonds is 8. The number of fused-ring (bicyclic) bond motifs is 1. The first-order chi connectivity index (χ1) is 19.1. The van der Waals surface area contributed by atoms with E-state index in [1.54, 1.807) is 0 Å². The van der Waals surface area contributed by atoms with E-state index in [1.165, 1.54) is 48.6 Å². The summed E-state index contributed by atoms with van der Waals surface area (Å²) in [4.78, 5) is 10.5. The Kier molecular flexibility index (Phi) is 8.38. The highest BCUT2D eigenvalue weighted by Crippen LogP contribution is 2.40. The van der Waals surface area contributed by atoms with Gasteiger partial charge in [0.2, 0.25) is 0 Å². The van der Waals surface area contributed by atoms with Gasteiger partial charge >= 0.3 is 12.1 Å². The Morgan fingerprint density at radius 1 is 1.07 bits per heavy atom. The fraction of sp³-hybridized carbons (Fsp3) is 0.250. The number of carboxylic acid groups (broad SMARTS) is 1. The van der Waals surface area contributed by atoms with Gasteiger partial charge in [0, 0.05) is 29.5 Å². The molecule has 3 aromatic carbocycles. The molecule has 0 fully saturated rings. The third-order valence-electron chi connectivity index (χ3n) is 6.31. The van der Waals surface area contributed by atoms with Gasteiger partial charge in [0.05, 0.1) is 22.7 Å². The van der Waals surface area contributed by atoms with Crippen LogP contribution in [0.5, 0.6) is 5.75 Å². The van der Waals surface area contributed by atoms with Crippen molar-refractivity contribution >= 4 is 45.4 Å². The maximum atomic E-state index is 14.2. The van der Waals surface area contributed by atoms with Gasteiger partial charge in [0.1, 0.15) is 11.9 Å². The van der Waals surface area contributed by atoms with E-state index in [-0.39, 0.29) is 47.0 Å². The van der Waals surface area contributed by atoms with Crippen molar-refractivity contribution < 1.29 is 45.0 Å². The number of hydrogen-bond acceptors (Lipinski definition) is 4. The van der Waals surface area contributed by atoms with Crippen molar-refractivity contribution in [3.63, 3.8) is 0 Å². The Labute approximate surface area is 237 Å². The molecule has 0 aliphatic carbocycles. The fourth-order valence-electron chi connectivity index (χ4n) is 4.32. The minimum atomic E-state index is -4.79. The van der Waals surface area contributed by atoms with Gasteiger partial charge in [-0.25, -0.2) is 17.2 Å². The minimum absolute atomic E-state index is 0.0173. The number of halogens is 6. The predicted molar refractivity (Wildman–Crippen MR) is 144 cm³/mol. The number of benzene rings is 3. The van der Waals surface area contributed by atoms with E-state index >= 15 is 0 Å². The number of alkyl halides is 5. The van der Waals surface area contributed by atoms with Crippen LogP contribution >= 0.6 is 11.6 Å². The van der Waals surface area contributed by atoms with Crippen molar-refractivity contribution in [2.75, 3.05) is 10.8 Å². The van der Waals surface area contributed by atoms with Crippen LogP contribution in [0.4, 0.5) is 27.6 Å². The molecule has 3 aromatic rings. The number of anilines is 1. The maximum absolute atomic E-state index is 14.2. The van der Waals surface area contributed by atoms with Crippen molar-refractivity contribution in [3.8, 4) is 5.75 Å². The number of ether oxygens (including phenoxy) is 1. The van der Waals surface area contributed by atoms with Crippen LogP contribution in [0.3, 0.4) is 0 Å². The van der Waals surface area contributed by atoms with Gasteiger partial charge in [-0.05, 0) is 48.4 Å². The molecule has 4 rings (SSSR count). The second-order valence-corrected chi connectivity index (χ2v) is 11.7. The molecule has 1 atom stereocenters. The molecule has 6 nitrogen and oxygen atoms in total. The molecule has 0 unspecified atom stereocenters. The standard InChI is InChI=1S/C28H23ClF5NO5S/c1-27(30,31)22-6-3-7-23(29)21(22)11-8-17-9-12-25-24(14-17)35(16-19(40-25)10-13-26(36)37)41(38,39)20-5-2-4-18(15-20)28(32,33)34/h2-9,11-12,14-15,19H,10,13,16H2,1H3,(H,36,37)/b11-8+/t19-/m0/s1. The summed E-state index contributed by atoms with van der Waals surface area (Å²) in [5, 5.41) is 9.14. The summed E-state index contributed by atoms with van der Waals surface area (Å²) in [6, 6.07) is 11.6. The molecular weight excluding hydrogens is 593 g/mol. The summed E-state index contributed by atoms with van der Waals surface area (Å²) in [6.45, 7) is 0.353. The van der Waals surface area contributed by atoms with Gasteiger partial charge in [-0.2, -0.15) is 13.2 Å². The first-order valence-corrected chi connectivity index (χ1v) is 14.0. The number of sulfonamides is 1. The predicted octanol–water partition coefficient (Wildman–Crippen LogP) is 7.46. The first-order valence-electron chi connectivity index (χ1n) is 12.1. The summed E-state index contributed by atoms with van der Waals surface area (Å²) in [7, 11) is -4.58. The van der Waals surface area contributed by atoms with Crippen LogP contribution in [0.1, 0.15) is 42.0 Å². The third-order valence-corrected chi connectivity index (χ3v) is 8.42. The largest absolute Gasteiger partial charge is 0.486 e. The van der Waals surface area contributed by atoms with Gasteiger partial charge in [0.15, 0.2) is 0 Å². The molecule has 1 heterocycles. The van der Waals surface area contributed by atoms with E-state index in [1.807, 2.05) is 0 Å². The highest BCUT2D eigenvalue weighted by atomic mass is 35.5. The highest BCUT2D eigenvalue weighted by Gasteiger charge is 2.37. The molecule has 0 aromatic heterocycles. The van der Waals surface area contributed by atoms with Crippen molar-refractivity contribution in [3.05, 3.63) is 87.9 Å². The zero-order chi connectivity index (χ0) is 30.2. The van der Waals surface area contributed by atoms with Gasteiger partial charge in [0.25, 0.3) is 15.9 Å². The molecule has 0 saturated heterocycles. The zero-order valence-electron chi connectivity index (χ0n) is 21.3. The molecule has 0 radical (unpaired) electrons. The Bertz CT molecular complexity index is 1600. The first kappa shape index (κ1) is 30.3. The van der Waals surface area contributed by atoms with Gasteiger partial charge in [-0.15, -0.1) is 0 Å². The Morgan fingerprint density at radius 3 is 2.44 bits per heavy atom. The Balaban J connectivity index is 1.78. The van der Waals surface area contributed by atoms with Crippen molar-refractivity contribution in [1.82, 2.24) is 0 Å². The number of carboxylic acids is 1. The van der Waals surface area contributed by atoms with E-state index in [4.69, 9.17) is 21.4 Å². The lowest BCUT2D eigenvalue weighted by Gasteiger charge is -2.35. The highest BCUT2D eigenvalue weighted by molar-refractivity contribution is 7.92. The molecule has 1 aliphatic heterocycles. The average molecular weight is 616 g/mol. The third kappa shape index (κ3) is 6.82. The molecule has 41 heavy (non-hydrogen) atoms. The number of carbonyl (C=O) groups is 1. The Morgan fingerprint density at radius 2 is 1.78 bits per heavy atom. The van der Waals surface area contributed by atoms with Crippen LogP contribution < -0.4 is 9.04 Å². The molecule has 0 saturated carbocycles. The van der Waals surface area contributed by atoms with Crippen molar-refractivity contribution in [2.45, 2.75) is 42.9 Å². The second-order valence-electron chi connectivity index (χ2n) is 9.38. The van der Waals surface area contributed by atoms with E-state index in [2.05, 4.69) is 0 Å². The van der Waals surface area contributed by atoms with E-state index in [0.29, 0.717) is 11.6 Å². The van der Waals surface area contributed by atoms with Gasteiger partial charge < -0.3 is 9.84 Å². The second kappa shape index (κ2) is 11.3. The van der Waals surface area contributed by atoms with Crippen molar-refractivity contribution in [2.24, 2.45) is 0 Å². The topological polar surface area (TPSA) is 83.9 Å². The number of hydrogen-bond donors (Lipinski definition) is 1. The normalized spacial score (nSPS) is 16.0. The zero-order valence-corrected chi connectivity index (χ0v) is 22.9. The summed E-state index contributed by atoms with van der Waals surface area (Å²) in [6.07, 6.45) is -3.31. The molecule has 1 N–H and O–H groups in total. The maximum Gasteiger partial charge on any atom is 0.416 e. The summed E-state index contributed by atoms with van der Waals surface area (Å²) in [5.74, 6) is -4.28. The van der Waals surface area contributed by atoms with E-state index in [9.17, 15) is 35.2 Å². The molecular formula is C28H23ClF5NO5S.